The second kappa shape index (κ2) is 14.8. The first-order valence-corrected chi connectivity index (χ1v) is 25.3. The average molecular weight is 835 g/mol. The van der Waals surface area contributed by atoms with Crippen molar-refractivity contribution >= 4 is 5.78 Å². The van der Waals surface area contributed by atoms with Crippen LogP contribution in [0.3, 0.4) is 0 Å². The van der Waals surface area contributed by atoms with E-state index in [1.807, 2.05) is 13.8 Å². The van der Waals surface area contributed by atoms with Gasteiger partial charge in [-0.25, -0.2) is 0 Å². The molecule has 7 N–H and O–H groups in total. The fraction of sp³-hybridized carbons (Fsp3) is 0.941. The Labute approximate surface area is 361 Å². The normalized spacial score (nSPS) is 52.0. The number of epoxide rings is 1. The number of Topliss-reactive ketones (excluding diaryl/α,β-unsaturated/α-hetero) is 1. The van der Waals surface area contributed by atoms with Crippen LogP contribution in [-0.4, -0.2) is 87.2 Å². The Balaban J connectivity index is 1.05. The second-order valence-corrected chi connectivity index (χ2v) is 24.5. The number of ketones is 1. The average Bonchev–Trinajstić information content (AvgIpc) is 4.01. The third-order valence-corrected chi connectivity index (χ3v) is 21.5. The van der Waals surface area contributed by atoms with Crippen molar-refractivity contribution in [2.45, 2.75) is 211 Å². The van der Waals surface area contributed by atoms with Gasteiger partial charge in [0.25, 0.3) is 0 Å². The zero-order valence-corrected chi connectivity index (χ0v) is 38.0. The molecular weight excluding hydrogens is 753 g/mol. The quantitative estimate of drug-likeness (QED) is 0.117. The zero-order valence-electron chi connectivity index (χ0n) is 38.0. The van der Waals surface area contributed by atoms with Crippen LogP contribution in [0.15, 0.2) is 11.1 Å². The molecule has 9 heteroatoms. The summed E-state index contributed by atoms with van der Waals surface area (Å²) < 4.78 is 14.3. The molecule has 7 aliphatic carbocycles. The van der Waals surface area contributed by atoms with Crippen LogP contribution in [0.4, 0.5) is 0 Å². The number of carbonyl (C=O) groups is 1. The highest BCUT2D eigenvalue weighted by atomic mass is 16.6. The van der Waals surface area contributed by atoms with Crippen molar-refractivity contribution in [2.24, 2.45) is 74.7 Å². The number of nitrogens with one attached hydrogen (secondary N) is 1. The summed E-state index contributed by atoms with van der Waals surface area (Å²) in [6, 6.07) is 0. The minimum absolute atomic E-state index is 0.00713. The molecule has 60 heavy (non-hydrogen) atoms. The van der Waals surface area contributed by atoms with Crippen LogP contribution >= 0.6 is 0 Å². The van der Waals surface area contributed by atoms with E-state index in [1.54, 1.807) is 0 Å². The van der Waals surface area contributed by atoms with Crippen molar-refractivity contribution in [2.75, 3.05) is 19.8 Å². The maximum absolute atomic E-state index is 15.1. The molecule has 10 rings (SSSR count). The smallest absolute Gasteiger partial charge is 0.162 e. The Bertz CT molecular complexity index is 1710. The van der Waals surface area contributed by atoms with Crippen LogP contribution in [-0.2, 0) is 14.3 Å². The van der Waals surface area contributed by atoms with E-state index >= 15 is 4.79 Å². The molecule has 18 unspecified atom stereocenters. The topological polar surface area (TPSA) is 158 Å². The van der Waals surface area contributed by atoms with Crippen LogP contribution < -0.4 is 11.1 Å². The van der Waals surface area contributed by atoms with Gasteiger partial charge in [-0.2, -0.15) is 0 Å². The van der Waals surface area contributed by atoms with Crippen molar-refractivity contribution in [3.63, 3.8) is 0 Å². The molecule has 10 aliphatic rings. The Hall–Kier alpha value is -0.910. The summed E-state index contributed by atoms with van der Waals surface area (Å²) in [7, 11) is 0. The molecule has 0 spiro atoms. The lowest BCUT2D eigenvalue weighted by molar-refractivity contribution is -0.238. The lowest BCUT2D eigenvalue weighted by Crippen LogP contribution is -2.72. The van der Waals surface area contributed by atoms with Gasteiger partial charge in [-0.05, 0) is 180 Å². The fourth-order valence-electron chi connectivity index (χ4n) is 18.1. The number of carbonyl (C=O) groups excluding carboxylic acids is 1. The van der Waals surface area contributed by atoms with Crippen LogP contribution in [0.5, 0.6) is 0 Å². The summed E-state index contributed by atoms with van der Waals surface area (Å²) in [4.78, 5) is 15.1. The second-order valence-electron chi connectivity index (χ2n) is 24.5. The molecule has 0 aromatic heterocycles. The van der Waals surface area contributed by atoms with Crippen LogP contribution in [0.25, 0.3) is 0 Å². The van der Waals surface area contributed by atoms with E-state index in [0.717, 1.165) is 107 Å². The first-order chi connectivity index (χ1) is 28.5. The molecule has 3 aliphatic heterocycles. The lowest BCUT2D eigenvalue weighted by Gasteiger charge is -2.73. The Morgan fingerprint density at radius 3 is 2.47 bits per heavy atom. The molecule has 8 fully saturated rings. The van der Waals surface area contributed by atoms with Crippen LogP contribution in [0.1, 0.15) is 169 Å². The fourth-order valence-corrected chi connectivity index (χ4v) is 18.1. The van der Waals surface area contributed by atoms with Gasteiger partial charge in [0.05, 0.1) is 30.1 Å². The van der Waals surface area contributed by atoms with Gasteiger partial charge in [0.1, 0.15) is 17.8 Å². The monoisotopic (exact) mass is 835 g/mol. The van der Waals surface area contributed by atoms with Gasteiger partial charge in [-0.15, -0.1) is 0 Å². The number of aliphatic hydroxyl groups is 4. The predicted molar refractivity (Wildman–Crippen MR) is 231 cm³/mol. The number of allylic oxidation sites excluding steroid dienone is 1. The summed E-state index contributed by atoms with van der Waals surface area (Å²) >= 11 is 0. The molecule has 0 aromatic rings. The molecule has 18 atom stereocenters. The minimum Gasteiger partial charge on any atom is -0.396 e. The number of ether oxygens (including phenoxy) is 2. The van der Waals surface area contributed by atoms with E-state index in [9.17, 15) is 20.4 Å². The third-order valence-electron chi connectivity index (χ3n) is 21.5. The predicted octanol–water partition coefficient (Wildman–Crippen LogP) is 7.35. The standard InChI is InChI=1S/C51H82N2O7/c1-30-17-22-59-50(27-30,44-43(60-44)48(5,57)45(2,29-54)18-13-32-16-21-53-39(52)23-32)38-25-34-11-12-36-40-42-47(4)33(24-35(55)26-37(47)41(36)56)15-20-49(42,28-46(38,3)51(34,40)58)19-14-31-9-7-6-8-10-31/h30-35,37-39,42-44,53-55,57-58H,6-29,52H2,1-5H3. The highest BCUT2D eigenvalue weighted by Crippen LogP contribution is 2.81. The Kier molecular flexibility index (Phi) is 10.6. The van der Waals surface area contributed by atoms with Gasteiger partial charge < -0.3 is 41.0 Å². The van der Waals surface area contributed by atoms with Gasteiger partial charge in [0, 0.05) is 23.4 Å². The van der Waals surface area contributed by atoms with Crippen molar-refractivity contribution in [1.82, 2.24) is 5.32 Å². The van der Waals surface area contributed by atoms with Crippen molar-refractivity contribution in [1.29, 1.82) is 0 Å². The highest BCUT2D eigenvalue weighted by Gasteiger charge is 2.81. The molecule has 5 saturated carbocycles. The summed E-state index contributed by atoms with van der Waals surface area (Å²) in [5.41, 5.74) is 3.60. The SMILES string of the molecule is CC1CCOC(C2OC2C(C)(O)C(C)(CO)CCC2CCNC(N)C2)(C2CC3CCC4=C5C6C(CCC7CCCCC7)(CCC7CC(O)CC(C4=O)C76C)CC2(C)C53O)C1. The molecule has 3 heterocycles. The van der Waals surface area contributed by atoms with E-state index < -0.39 is 39.8 Å². The van der Waals surface area contributed by atoms with E-state index in [-0.39, 0.29) is 65.1 Å². The number of aliphatic hydroxyl groups excluding tert-OH is 2. The Morgan fingerprint density at radius 1 is 0.950 bits per heavy atom. The number of hydrogen-bond acceptors (Lipinski definition) is 9. The summed E-state index contributed by atoms with van der Waals surface area (Å²) in [6.07, 6.45) is 19.8. The molecular formula is C51H82N2O7. The van der Waals surface area contributed by atoms with Gasteiger partial charge in [0.15, 0.2) is 5.78 Å². The van der Waals surface area contributed by atoms with Gasteiger partial charge in [0.2, 0.25) is 0 Å². The summed E-state index contributed by atoms with van der Waals surface area (Å²) in [5, 5.41) is 52.8. The van der Waals surface area contributed by atoms with Crippen LogP contribution in [0.2, 0.25) is 0 Å². The van der Waals surface area contributed by atoms with Gasteiger partial charge in [-0.3, -0.25) is 4.79 Å². The molecule has 0 aromatic carbocycles. The number of rotatable bonds is 11. The zero-order chi connectivity index (χ0) is 42.3. The number of hydrogen-bond donors (Lipinski definition) is 6. The molecule has 9 nitrogen and oxygen atoms in total. The van der Waals surface area contributed by atoms with Crippen molar-refractivity contribution < 1.29 is 34.7 Å². The van der Waals surface area contributed by atoms with Gasteiger partial charge in [-0.1, -0.05) is 59.8 Å². The molecule has 0 bridgehead atoms. The molecule has 0 radical (unpaired) electrons. The summed E-state index contributed by atoms with van der Waals surface area (Å²) in [6.45, 7) is 12.5. The summed E-state index contributed by atoms with van der Waals surface area (Å²) in [5.74, 6) is 2.12. The maximum Gasteiger partial charge on any atom is 0.162 e. The molecule has 338 valence electrons. The first-order valence-electron chi connectivity index (χ1n) is 25.3. The highest BCUT2D eigenvalue weighted by molar-refractivity contribution is 6.00. The Morgan fingerprint density at radius 2 is 1.73 bits per heavy atom. The lowest BCUT2D eigenvalue weighted by atomic mass is 9.32. The third kappa shape index (κ3) is 5.99. The number of nitrogens with two attached hydrogens (primary N) is 1. The van der Waals surface area contributed by atoms with Crippen molar-refractivity contribution in [3.8, 4) is 0 Å². The largest absolute Gasteiger partial charge is 0.396 e. The number of piperidine rings is 1. The molecule has 0 amide bonds. The van der Waals surface area contributed by atoms with Crippen LogP contribution in [0, 0.1) is 69.0 Å². The molecule has 3 saturated heterocycles. The minimum atomic E-state index is -1.31. The van der Waals surface area contributed by atoms with E-state index in [4.69, 9.17) is 15.2 Å². The van der Waals surface area contributed by atoms with Gasteiger partial charge >= 0.3 is 0 Å². The van der Waals surface area contributed by atoms with E-state index in [0.29, 0.717) is 31.3 Å². The van der Waals surface area contributed by atoms with E-state index in [1.165, 1.54) is 38.5 Å². The first kappa shape index (κ1) is 43.0. The maximum atomic E-state index is 15.1. The van der Waals surface area contributed by atoms with Crippen molar-refractivity contribution in [3.05, 3.63) is 11.1 Å². The van der Waals surface area contributed by atoms with E-state index in [2.05, 4.69) is 26.1 Å².